The Kier molecular flexibility index (Phi) is 5.16. The first-order chi connectivity index (χ1) is 11.5. The fourth-order valence-electron chi connectivity index (χ4n) is 3.07. The van der Waals surface area contributed by atoms with Crippen LogP contribution in [0.4, 0.5) is 10.1 Å². The lowest BCUT2D eigenvalue weighted by molar-refractivity contribution is 0.378. The number of halogens is 1. The molecule has 0 radical (unpaired) electrons. The second-order valence-electron chi connectivity index (χ2n) is 6.08. The molecule has 0 amide bonds. The minimum absolute atomic E-state index is 0.0114. The molecule has 4 nitrogen and oxygen atoms in total. The molecule has 0 aromatic heterocycles. The number of anilines is 1. The molecular formula is C18H21FN2O2S. The SMILES string of the molecule is O=S(=O)(NC1CCCCC1Nc1ccc(F)cc1)c1ccccc1. The zero-order chi connectivity index (χ0) is 17.0. The molecule has 6 heteroatoms. The zero-order valence-electron chi connectivity index (χ0n) is 13.3. The van der Waals surface area contributed by atoms with Gasteiger partial charge in [-0.25, -0.2) is 17.5 Å². The second-order valence-corrected chi connectivity index (χ2v) is 7.80. The Morgan fingerprint density at radius 2 is 1.50 bits per heavy atom. The summed E-state index contributed by atoms with van der Waals surface area (Å²) in [5, 5.41) is 3.34. The maximum Gasteiger partial charge on any atom is 0.240 e. The highest BCUT2D eigenvalue weighted by Gasteiger charge is 2.29. The molecule has 2 atom stereocenters. The minimum atomic E-state index is -3.54. The topological polar surface area (TPSA) is 58.2 Å². The molecule has 24 heavy (non-hydrogen) atoms. The van der Waals surface area contributed by atoms with Crippen molar-refractivity contribution >= 4 is 15.7 Å². The van der Waals surface area contributed by atoms with Crippen LogP contribution in [-0.4, -0.2) is 20.5 Å². The molecular weight excluding hydrogens is 327 g/mol. The summed E-state index contributed by atoms with van der Waals surface area (Å²) >= 11 is 0. The van der Waals surface area contributed by atoms with Gasteiger partial charge in [0.2, 0.25) is 10.0 Å². The third-order valence-electron chi connectivity index (χ3n) is 4.32. The lowest BCUT2D eigenvalue weighted by Crippen LogP contribution is -2.48. The van der Waals surface area contributed by atoms with Crippen LogP contribution < -0.4 is 10.0 Å². The van der Waals surface area contributed by atoms with E-state index in [9.17, 15) is 12.8 Å². The van der Waals surface area contributed by atoms with Gasteiger partial charge in [-0.05, 0) is 49.2 Å². The molecule has 1 aliphatic rings. The molecule has 128 valence electrons. The molecule has 0 spiro atoms. The average molecular weight is 348 g/mol. The van der Waals surface area contributed by atoms with Crippen LogP contribution in [0.2, 0.25) is 0 Å². The van der Waals surface area contributed by atoms with Crippen molar-refractivity contribution in [2.75, 3.05) is 5.32 Å². The lowest BCUT2D eigenvalue weighted by atomic mass is 9.91. The Hall–Kier alpha value is -1.92. The maximum atomic E-state index is 13.0. The first-order valence-electron chi connectivity index (χ1n) is 8.14. The van der Waals surface area contributed by atoms with E-state index in [4.69, 9.17) is 0 Å². The summed E-state index contributed by atoms with van der Waals surface area (Å²) in [6.45, 7) is 0. The molecule has 0 aliphatic heterocycles. The normalized spacial score (nSPS) is 21.4. The highest BCUT2D eigenvalue weighted by molar-refractivity contribution is 7.89. The molecule has 2 unspecified atom stereocenters. The van der Waals surface area contributed by atoms with E-state index < -0.39 is 10.0 Å². The van der Waals surface area contributed by atoms with E-state index in [-0.39, 0.29) is 22.8 Å². The molecule has 1 fully saturated rings. The Labute approximate surface area is 142 Å². The highest BCUT2D eigenvalue weighted by Crippen LogP contribution is 2.24. The van der Waals surface area contributed by atoms with Crippen molar-refractivity contribution in [3.05, 3.63) is 60.4 Å². The number of hydrogen-bond acceptors (Lipinski definition) is 3. The van der Waals surface area contributed by atoms with Crippen LogP contribution in [0.15, 0.2) is 59.5 Å². The van der Waals surface area contributed by atoms with Gasteiger partial charge in [0.05, 0.1) is 4.90 Å². The van der Waals surface area contributed by atoms with Gasteiger partial charge in [0.25, 0.3) is 0 Å². The lowest BCUT2D eigenvalue weighted by Gasteiger charge is -2.33. The fourth-order valence-corrected chi connectivity index (χ4v) is 4.40. The van der Waals surface area contributed by atoms with Gasteiger partial charge in [-0.1, -0.05) is 31.0 Å². The third-order valence-corrected chi connectivity index (χ3v) is 5.83. The Balaban J connectivity index is 1.74. The average Bonchev–Trinajstić information content (AvgIpc) is 2.59. The Morgan fingerprint density at radius 3 is 2.17 bits per heavy atom. The molecule has 3 rings (SSSR count). The number of nitrogens with one attached hydrogen (secondary N) is 2. The summed E-state index contributed by atoms with van der Waals surface area (Å²) in [6, 6.07) is 14.3. The summed E-state index contributed by atoms with van der Waals surface area (Å²) in [7, 11) is -3.54. The number of hydrogen-bond donors (Lipinski definition) is 2. The van der Waals surface area contributed by atoms with Gasteiger partial charge < -0.3 is 5.32 Å². The van der Waals surface area contributed by atoms with E-state index >= 15 is 0 Å². The number of rotatable bonds is 5. The standard InChI is InChI=1S/C18H21FN2O2S/c19-14-10-12-15(13-11-14)20-17-8-4-5-9-18(17)21-24(22,23)16-6-2-1-3-7-16/h1-3,6-7,10-13,17-18,20-21H,4-5,8-9H2. The van der Waals surface area contributed by atoms with Gasteiger partial charge in [-0.3, -0.25) is 0 Å². The molecule has 1 aliphatic carbocycles. The summed E-state index contributed by atoms with van der Waals surface area (Å²) < 4.78 is 41.0. The van der Waals surface area contributed by atoms with Crippen LogP contribution in [0.1, 0.15) is 25.7 Å². The number of sulfonamides is 1. The largest absolute Gasteiger partial charge is 0.381 e. The predicted molar refractivity (Wildman–Crippen MR) is 92.8 cm³/mol. The van der Waals surface area contributed by atoms with Gasteiger partial charge in [-0.2, -0.15) is 0 Å². The molecule has 2 N–H and O–H groups in total. The molecule has 0 saturated heterocycles. The van der Waals surface area contributed by atoms with Crippen molar-refractivity contribution in [3.8, 4) is 0 Å². The summed E-state index contributed by atoms with van der Waals surface area (Å²) in [5.74, 6) is -0.287. The van der Waals surface area contributed by atoms with Crippen LogP contribution in [-0.2, 0) is 10.0 Å². The van der Waals surface area contributed by atoms with Crippen molar-refractivity contribution in [1.29, 1.82) is 0 Å². The smallest absolute Gasteiger partial charge is 0.240 e. The monoisotopic (exact) mass is 348 g/mol. The minimum Gasteiger partial charge on any atom is -0.381 e. The molecule has 1 saturated carbocycles. The second kappa shape index (κ2) is 7.32. The van der Waals surface area contributed by atoms with Crippen LogP contribution >= 0.6 is 0 Å². The molecule has 2 aromatic carbocycles. The zero-order valence-corrected chi connectivity index (χ0v) is 14.1. The van der Waals surface area contributed by atoms with Gasteiger partial charge in [0.15, 0.2) is 0 Å². The Bertz CT molecular complexity index is 763. The third kappa shape index (κ3) is 4.13. The predicted octanol–water partition coefficient (Wildman–Crippen LogP) is 3.53. The van der Waals surface area contributed by atoms with Crippen molar-refractivity contribution < 1.29 is 12.8 Å². The van der Waals surface area contributed by atoms with E-state index in [1.54, 1.807) is 42.5 Å². The van der Waals surface area contributed by atoms with Crippen molar-refractivity contribution in [1.82, 2.24) is 4.72 Å². The van der Waals surface area contributed by atoms with E-state index in [2.05, 4.69) is 10.0 Å². The van der Waals surface area contributed by atoms with Crippen molar-refractivity contribution in [2.24, 2.45) is 0 Å². The van der Waals surface area contributed by atoms with E-state index in [1.165, 1.54) is 12.1 Å². The first-order valence-corrected chi connectivity index (χ1v) is 9.62. The van der Waals surface area contributed by atoms with E-state index in [0.29, 0.717) is 0 Å². The van der Waals surface area contributed by atoms with Gasteiger partial charge >= 0.3 is 0 Å². The van der Waals surface area contributed by atoms with Crippen molar-refractivity contribution in [3.63, 3.8) is 0 Å². The number of benzene rings is 2. The van der Waals surface area contributed by atoms with Gasteiger partial charge in [0, 0.05) is 17.8 Å². The van der Waals surface area contributed by atoms with Crippen molar-refractivity contribution in [2.45, 2.75) is 42.7 Å². The molecule has 2 aromatic rings. The van der Waals surface area contributed by atoms with Gasteiger partial charge in [-0.15, -0.1) is 0 Å². The fraction of sp³-hybridized carbons (Fsp3) is 0.333. The van der Waals surface area contributed by atoms with Crippen LogP contribution in [0.25, 0.3) is 0 Å². The van der Waals surface area contributed by atoms with E-state index in [1.807, 2.05) is 0 Å². The van der Waals surface area contributed by atoms with Crippen LogP contribution in [0.5, 0.6) is 0 Å². The molecule has 0 bridgehead atoms. The van der Waals surface area contributed by atoms with E-state index in [0.717, 1.165) is 31.4 Å². The maximum absolute atomic E-state index is 13.0. The quantitative estimate of drug-likeness (QED) is 0.869. The summed E-state index contributed by atoms with van der Waals surface area (Å²) in [4.78, 5) is 0.274. The highest BCUT2D eigenvalue weighted by atomic mass is 32.2. The summed E-state index contributed by atoms with van der Waals surface area (Å²) in [5.41, 5.74) is 0.798. The van der Waals surface area contributed by atoms with Gasteiger partial charge in [0.1, 0.15) is 5.82 Å². The van der Waals surface area contributed by atoms with Crippen LogP contribution in [0, 0.1) is 5.82 Å². The Morgan fingerprint density at radius 1 is 0.875 bits per heavy atom. The first kappa shape index (κ1) is 16.9. The van der Waals surface area contributed by atoms with Crippen LogP contribution in [0.3, 0.4) is 0 Å². The summed E-state index contributed by atoms with van der Waals surface area (Å²) in [6.07, 6.45) is 3.69. The molecule has 0 heterocycles.